The van der Waals surface area contributed by atoms with E-state index in [9.17, 15) is 0 Å². The van der Waals surface area contributed by atoms with Crippen LogP contribution in [0.1, 0.15) is 31.2 Å². The topological polar surface area (TPSA) is 52.6 Å². The van der Waals surface area contributed by atoms with E-state index in [0.29, 0.717) is 6.04 Å². The molecule has 1 aliphatic carbocycles. The second-order valence-corrected chi connectivity index (χ2v) is 5.93. The lowest BCUT2D eigenvalue weighted by Gasteiger charge is -2.18. The van der Waals surface area contributed by atoms with Gasteiger partial charge in [0.15, 0.2) is 5.96 Å². The fraction of sp³-hybridized carbons (Fsp3) is 0.529. The van der Waals surface area contributed by atoms with E-state index >= 15 is 0 Å². The minimum atomic E-state index is 0. The molecule has 1 aliphatic heterocycles. The van der Waals surface area contributed by atoms with Crippen molar-refractivity contribution in [2.45, 2.75) is 38.3 Å². The predicted octanol–water partition coefficient (Wildman–Crippen LogP) is 2.68. The van der Waals surface area contributed by atoms with Crippen LogP contribution in [0.15, 0.2) is 35.5 Å². The maximum absolute atomic E-state index is 4.58. The summed E-state index contributed by atoms with van der Waals surface area (Å²) < 4.78 is 0. The van der Waals surface area contributed by atoms with Gasteiger partial charge in [-0.3, -0.25) is 4.99 Å². The summed E-state index contributed by atoms with van der Waals surface area (Å²) in [6.45, 7) is 3.01. The molecule has 0 atom stereocenters. The first kappa shape index (κ1) is 18.0. The fourth-order valence-corrected chi connectivity index (χ4v) is 2.96. The zero-order valence-corrected chi connectivity index (χ0v) is 16.0. The number of aliphatic imine (C=N–C) groups is 1. The Bertz CT molecular complexity index is 526. The first-order chi connectivity index (χ1) is 10.8. The Morgan fingerprint density at radius 2 is 2.00 bits per heavy atom. The zero-order valence-electron chi connectivity index (χ0n) is 13.7. The highest BCUT2D eigenvalue weighted by molar-refractivity contribution is 14.0. The average molecular weight is 427 g/mol. The van der Waals surface area contributed by atoms with Crippen molar-refractivity contribution in [1.82, 2.24) is 15.6 Å². The SMILES string of the molecule is CN=C(NCc1ccc(N2CCCC2)nc1)NC1CC=CC1.I. The molecule has 3 rings (SSSR count). The number of rotatable bonds is 4. The van der Waals surface area contributed by atoms with Crippen LogP contribution in [-0.2, 0) is 6.54 Å². The number of nitrogens with zero attached hydrogens (tertiary/aromatic N) is 3. The summed E-state index contributed by atoms with van der Waals surface area (Å²) in [5, 5.41) is 6.80. The zero-order chi connectivity index (χ0) is 15.2. The van der Waals surface area contributed by atoms with Gasteiger partial charge in [0.05, 0.1) is 0 Å². The minimum Gasteiger partial charge on any atom is -0.357 e. The molecule has 2 heterocycles. The Kier molecular flexibility index (Phi) is 7.14. The normalized spacial score (nSPS) is 18.1. The number of pyridine rings is 1. The van der Waals surface area contributed by atoms with Gasteiger partial charge >= 0.3 is 0 Å². The highest BCUT2D eigenvalue weighted by atomic mass is 127. The van der Waals surface area contributed by atoms with Crippen LogP contribution in [0.2, 0.25) is 0 Å². The maximum atomic E-state index is 4.58. The molecule has 1 aromatic rings. The molecule has 1 saturated heterocycles. The summed E-state index contributed by atoms with van der Waals surface area (Å²) >= 11 is 0. The van der Waals surface area contributed by atoms with Crippen molar-refractivity contribution in [3.63, 3.8) is 0 Å². The van der Waals surface area contributed by atoms with E-state index in [4.69, 9.17) is 0 Å². The van der Waals surface area contributed by atoms with Crippen LogP contribution in [0, 0.1) is 0 Å². The van der Waals surface area contributed by atoms with Gasteiger partial charge in [-0.1, -0.05) is 18.2 Å². The van der Waals surface area contributed by atoms with Crippen LogP contribution < -0.4 is 15.5 Å². The van der Waals surface area contributed by atoms with Gasteiger partial charge in [-0.25, -0.2) is 4.98 Å². The van der Waals surface area contributed by atoms with Crippen molar-refractivity contribution in [1.29, 1.82) is 0 Å². The molecule has 126 valence electrons. The number of hydrogen-bond acceptors (Lipinski definition) is 3. The van der Waals surface area contributed by atoms with E-state index in [1.165, 1.54) is 18.4 Å². The molecule has 0 saturated carbocycles. The number of anilines is 1. The Morgan fingerprint density at radius 3 is 2.61 bits per heavy atom. The van der Waals surface area contributed by atoms with Gasteiger partial charge in [0.2, 0.25) is 0 Å². The largest absolute Gasteiger partial charge is 0.357 e. The van der Waals surface area contributed by atoms with Crippen LogP contribution >= 0.6 is 24.0 Å². The van der Waals surface area contributed by atoms with E-state index in [1.807, 2.05) is 13.2 Å². The number of halogens is 1. The molecule has 2 aliphatic rings. The van der Waals surface area contributed by atoms with Crippen LogP contribution in [0.4, 0.5) is 5.82 Å². The minimum absolute atomic E-state index is 0. The molecule has 1 fully saturated rings. The monoisotopic (exact) mass is 427 g/mol. The van der Waals surface area contributed by atoms with Crippen molar-refractivity contribution in [3.8, 4) is 0 Å². The molecular weight excluding hydrogens is 401 g/mol. The molecule has 0 unspecified atom stereocenters. The summed E-state index contributed by atoms with van der Waals surface area (Å²) in [5.74, 6) is 1.96. The molecule has 0 bridgehead atoms. The van der Waals surface area contributed by atoms with E-state index < -0.39 is 0 Å². The van der Waals surface area contributed by atoms with E-state index in [2.05, 4.69) is 49.8 Å². The lowest BCUT2D eigenvalue weighted by atomic mass is 10.2. The summed E-state index contributed by atoms with van der Waals surface area (Å²) in [6, 6.07) is 4.75. The Balaban J connectivity index is 0.00000192. The predicted molar refractivity (Wildman–Crippen MR) is 107 cm³/mol. The molecule has 0 radical (unpaired) electrons. The van der Waals surface area contributed by atoms with Crippen molar-refractivity contribution in [2.24, 2.45) is 4.99 Å². The molecule has 0 aromatic carbocycles. The average Bonchev–Trinajstić information content (AvgIpc) is 3.25. The van der Waals surface area contributed by atoms with Crippen LogP contribution in [0.3, 0.4) is 0 Å². The Morgan fingerprint density at radius 1 is 1.26 bits per heavy atom. The number of aromatic nitrogens is 1. The van der Waals surface area contributed by atoms with Crippen molar-refractivity contribution in [3.05, 3.63) is 36.0 Å². The Labute approximate surface area is 155 Å². The van der Waals surface area contributed by atoms with E-state index in [0.717, 1.165) is 44.3 Å². The van der Waals surface area contributed by atoms with Crippen LogP contribution in [-0.4, -0.2) is 37.1 Å². The van der Waals surface area contributed by atoms with Crippen molar-refractivity contribution in [2.75, 3.05) is 25.0 Å². The fourth-order valence-electron chi connectivity index (χ4n) is 2.96. The molecule has 5 nitrogen and oxygen atoms in total. The second-order valence-electron chi connectivity index (χ2n) is 5.93. The van der Waals surface area contributed by atoms with Crippen LogP contribution in [0.5, 0.6) is 0 Å². The lowest BCUT2D eigenvalue weighted by Crippen LogP contribution is -2.42. The van der Waals surface area contributed by atoms with Gasteiger partial charge in [-0.05, 0) is 37.3 Å². The van der Waals surface area contributed by atoms with Gasteiger partial charge in [-0.2, -0.15) is 0 Å². The molecular formula is C17H26IN5. The summed E-state index contributed by atoms with van der Waals surface area (Å²) in [4.78, 5) is 11.2. The van der Waals surface area contributed by atoms with E-state index in [1.54, 1.807) is 0 Å². The summed E-state index contributed by atoms with van der Waals surface area (Å²) in [7, 11) is 1.81. The highest BCUT2D eigenvalue weighted by Gasteiger charge is 2.13. The summed E-state index contributed by atoms with van der Waals surface area (Å²) in [5.41, 5.74) is 1.18. The Hall–Kier alpha value is -1.31. The van der Waals surface area contributed by atoms with E-state index in [-0.39, 0.29) is 24.0 Å². The standard InChI is InChI=1S/C17H25N5.HI/c1-18-17(21-15-6-2-3-7-15)20-13-14-8-9-16(19-12-14)22-10-4-5-11-22;/h2-3,8-9,12,15H,4-7,10-11,13H2,1H3,(H2,18,20,21);1H. The lowest BCUT2D eigenvalue weighted by molar-refractivity contribution is 0.633. The van der Waals surface area contributed by atoms with Crippen molar-refractivity contribution < 1.29 is 0 Å². The van der Waals surface area contributed by atoms with Gasteiger partial charge in [0, 0.05) is 38.9 Å². The molecule has 0 spiro atoms. The molecule has 1 aromatic heterocycles. The molecule has 6 heteroatoms. The third-order valence-electron chi connectivity index (χ3n) is 4.27. The smallest absolute Gasteiger partial charge is 0.191 e. The van der Waals surface area contributed by atoms with Gasteiger partial charge in [0.1, 0.15) is 5.82 Å². The van der Waals surface area contributed by atoms with Gasteiger partial charge < -0.3 is 15.5 Å². The number of nitrogens with one attached hydrogen (secondary N) is 2. The third-order valence-corrected chi connectivity index (χ3v) is 4.27. The quantitative estimate of drug-likeness (QED) is 0.336. The van der Waals surface area contributed by atoms with Crippen molar-refractivity contribution >= 4 is 35.8 Å². The third kappa shape index (κ3) is 5.09. The van der Waals surface area contributed by atoms with Gasteiger partial charge in [0.25, 0.3) is 0 Å². The summed E-state index contributed by atoms with van der Waals surface area (Å²) in [6.07, 6.45) is 11.1. The van der Waals surface area contributed by atoms with Crippen LogP contribution in [0.25, 0.3) is 0 Å². The second kappa shape index (κ2) is 9.10. The molecule has 23 heavy (non-hydrogen) atoms. The first-order valence-corrected chi connectivity index (χ1v) is 8.17. The first-order valence-electron chi connectivity index (χ1n) is 8.17. The van der Waals surface area contributed by atoms with Gasteiger partial charge in [-0.15, -0.1) is 24.0 Å². The molecule has 2 N–H and O–H groups in total. The molecule has 0 amide bonds. The number of hydrogen-bond donors (Lipinski definition) is 2. The number of guanidine groups is 1. The highest BCUT2D eigenvalue weighted by Crippen LogP contribution is 2.17. The maximum Gasteiger partial charge on any atom is 0.191 e.